The highest BCUT2D eigenvalue weighted by atomic mass is 16.5. The molecule has 24 heavy (non-hydrogen) atoms. The predicted molar refractivity (Wildman–Crippen MR) is 89.4 cm³/mol. The van der Waals surface area contributed by atoms with E-state index in [9.17, 15) is 14.7 Å². The zero-order chi connectivity index (χ0) is 18.1. The number of rotatable bonds is 6. The fraction of sp³-hybridized carbons (Fsp3) is 0.556. The number of hydrogen-bond donors (Lipinski definition) is 2. The summed E-state index contributed by atoms with van der Waals surface area (Å²) in [5.41, 5.74) is -0.780. The second kappa shape index (κ2) is 6.43. The first-order chi connectivity index (χ1) is 11.2. The molecule has 1 fully saturated rings. The lowest BCUT2D eigenvalue weighted by atomic mass is 9.54. The number of ether oxygens (including phenoxy) is 2. The molecule has 0 aliphatic heterocycles. The number of aryl methyl sites for hydroxylation is 1. The van der Waals surface area contributed by atoms with Gasteiger partial charge < -0.3 is 19.9 Å². The summed E-state index contributed by atoms with van der Waals surface area (Å²) in [6, 6.07) is 5.05. The van der Waals surface area contributed by atoms with Crippen LogP contribution in [0.5, 0.6) is 5.75 Å². The van der Waals surface area contributed by atoms with Gasteiger partial charge in [0, 0.05) is 24.0 Å². The molecule has 132 valence electrons. The van der Waals surface area contributed by atoms with Crippen molar-refractivity contribution < 1.29 is 24.2 Å². The van der Waals surface area contributed by atoms with E-state index in [1.54, 1.807) is 32.0 Å². The summed E-state index contributed by atoms with van der Waals surface area (Å²) in [7, 11) is 1.53. The molecule has 0 aromatic heterocycles. The summed E-state index contributed by atoms with van der Waals surface area (Å²) in [5.74, 6) is -0.887. The molecule has 6 nitrogen and oxygen atoms in total. The number of aliphatic carboxylic acids is 1. The number of hydrogen-bond acceptors (Lipinski definition) is 4. The zero-order valence-electron chi connectivity index (χ0n) is 14.8. The van der Waals surface area contributed by atoms with Gasteiger partial charge in [-0.15, -0.1) is 0 Å². The number of carbonyl (C=O) groups excluding carboxylic acids is 1. The molecule has 1 aliphatic rings. The maximum Gasteiger partial charge on any atom is 0.330 e. The highest BCUT2D eigenvalue weighted by Crippen LogP contribution is 2.51. The van der Waals surface area contributed by atoms with E-state index in [1.807, 2.05) is 13.8 Å². The molecule has 2 atom stereocenters. The lowest BCUT2D eigenvalue weighted by molar-refractivity contribution is -0.190. The predicted octanol–water partition coefficient (Wildman–Crippen LogP) is 2.39. The van der Waals surface area contributed by atoms with E-state index in [2.05, 4.69) is 5.32 Å². The average Bonchev–Trinajstić information content (AvgIpc) is 2.53. The standard InChI is InChI=1S/C18H25NO5/c1-6-24-14-10-18(16(21)22,17(14,3)4)19-15(20)12-8-7-11(2)13(9-12)23-5/h7-9,14H,6,10H2,1-5H3,(H,19,20)(H,21,22). The molecule has 0 heterocycles. The van der Waals surface area contributed by atoms with Gasteiger partial charge in [0.15, 0.2) is 0 Å². The third kappa shape index (κ3) is 2.75. The van der Waals surface area contributed by atoms with Gasteiger partial charge in [0.05, 0.1) is 13.2 Å². The van der Waals surface area contributed by atoms with Gasteiger partial charge in [0.2, 0.25) is 0 Å². The molecule has 0 bridgehead atoms. The molecule has 0 spiro atoms. The van der Waals surface area contributed by atoms with Crippen molar-refractivity contribution in [3.05, 3.63) is 29.3 Å². The summed E-state index contributed by atoms with van der Waals surface area (Å²) in [5, 5.41) is 12.5. The first kappa shape index (κ1) is 18.3. The van der Waals surface area contributed by atoms with E-state index in [0.29, 0.717) is 17.9 Å². The maximum absolute atomic E-state index is 12.6. The van der Waals surface area contributed by atoms with Crippen LogP contribution in [-0.2, 0) is 9.53 Å². The van der Waals surface area contributed by atoms with Crippen LogP contribution in [0.4, 0.5) is 0 Å². The van der Waals surface area contributed by atoms with Gasteiger partial charge in [0.25, 0.3) is 5.91 Å². The van der Waals surface area contributed by atoms with Gasteiger partial charge >= 0.3 is 5.97 Å². The second-order valence-electron chi connectivity index (χ2n) is 6.72. The molecule has 1 amide bonds. The highest BCUT2D eigenvalue weighted by Gasteiger charge is 2.66. The number of methoxy groups -OCH3 is 1. The van der Waals surface area contributed by atoms with Crippen molar-refractivity contribution >= 4 is 11.9 Å². The van der Waals surface area contributed by atoms with Crippen LogP contribution in [0.15, 0.2) is 18.2 Å². The first-order valence-electron chi connectivity index (χ1n) is 8.01. The zero-order valence-corrected chi connectivity index (χ0v) is 14.8. The number of benzene rings is 1. The van der Waals surface area contributed by atoms with Crippen molar-refractivity contribution in [2.24, 2.45) is 5.41 Å². The van der Waals surface area contributed by atoms with Gasteiger partial charge in [-0.25, -0.2) is 4.79 Å². The summed E-state index contributed by atoms with van der Waals surface area (Å²) >= 11 is 0. The Labute approximate surface area is 142 Å². The molecule has 1 aliphatic carbocycles. The Morgan fingerprint density at radius 3 is 2.54 bits per heavy atom. The number of nitrogens with one attached hydrogen (secondary N) is 1. The average molecular weight is 335 g/mol. The van der Waals surface area contributed by atoms with Crippen LogP contribution in [-0.4, -0.2) is 42.3 Å². The summed E-state index contributed by atoms with van der Waals surface area (Å²) in [4.78, 5) is 24.5. The maximum atomic E-state index is 12.6. The molecule has 1 saturated carbocycles. The Bertz CT molecular complexity index is 655. The van der Waals surface area contributed by atoms with Crippen molar-refractivity contribution in [2.75, 3.05) is 13.7 Å². The Balaban J connectivity index is 2.27. The second-order valence-corrected chi connectivity index (χ2v) is 6.72. The lowest BCUT2D eigenvalue weighted by Crippen LogP contribution is -2.76. The fourth-order valence-electron chi connectivity index (χ4n) is 3.26. The SMILES string of the molecule is CCOC1CC(NC(=O)c2ccc(C)c(OC)c2)(C(=O)O)C1(C)C. The minimum atomic E-state index is -1.35. The number of amides is 1. The van der Waals surface area contributed by atoms with Crippen LogP contribution in [0.1, 0.15) is 43.1 Å². The molecular formula is C18H25NO5. The molecule has 2 unspecified atom stereocenters. The number of carboxylic acid groups (broad SMARTS) is 1. The fourth-order valence-corrected chi connectivity index (χ4v) is 3.26. The topological polar surface area (TPSA) is 84.9 Å². The quantitative estimate of drug-likeness (QED) is 0.834. The minimum Gasteiger partial charge on any atom is -0.496 e. The van der Waals surface area contributed by atoms with Crippen LogP contribution in [0.3, 0.4) is 0 Å². The monoisotopic (exact) mass is 335 g/mol. The van der Waals surface area contributed by atoms with E-state index < -0.39 is 22.8 Å². The minimum absolute atomic E-state index is 0.202. The lowest BCUT2D eigenvalue weighted by Gasteiger charge is -2.58. The molecular weight excluding hydrogens is 310 g/mol. The van der Waals surface area contributed by atoms with E-state index in [4.69, 9.17) is 9.47 Å². The van der Waals surface area contributed by atoms with Gasteiger partial charge in [-0.2, -0.15) is 0 Å². The Hall–Kier alpha value is -2.08. The third-order valence-electron chi connectivity index (χ3n) is 5.13. The summed E-state index contributed by atoms with van der Waals surface area (Å²) in [6.45, 7) is 7.86. The summed E-state index contributed by atoms with van der Waals surface area (Å²) in [6.07, 6.45) is 0.0456. The molecule has 2 rings (SSSR count). The van der Waals surface area contributed by atoms with Crippen LogP contribution < -0.4 is 10.1 Å². The van der Waals surface area contributed by atoms with Crippen molar-refractivity contribution in [1.29, 1.82) is 0 Å². The van der Waals surface area contributed by atoms with E-state index in [0.717, 1.165) is 5.56 Å². The van der Waals surface area contributed by atoms with Gasteiger partial charge in [0.1, 0.15) is 11.3 Å². The van der Waals surface area contributed by atoms with Crippen LogP contribution in [0.2, 0.25) is 0 Å². The molecule has 6 heteroatoms. The molecule has 1 aromatic carbocycles. The van der Waals surface area contributed by atoms with E-state index >= 15 is 0 Å². The van der Waals surface area contributed by atoms with Crippen molar-refractivity contribution in [2.45, 2.75) is 45.8 Å². The van der Waals surface area contributed by atoms with Crippen molar-refractivity contribution in [3.8, 4) is 5.75 Å². The number of carbonyl (C=O) groups is 2. The summed E-state index contributed by atoms with van der Waals surface area (Å²) < 4.78 is 10.8. The van der Waals surface area contributed by atoms with Crippen molar-refractivity contribution in [3.63, 3.8) is 0 Å². The van der Waals surface area contributed by atoms with E-state index in [-0.39, 0.29) is 12.5 Å². The third-order valence-corrected chi connectivity index (χ3v) is 5.13. The molecule has 2 N–H and O–H groups in total. The molecule has 0 saturated heterocycles. The molecule has 1 aromatic rings. The van der Waals surface area contributed by atoms with E-state index in [1.165, 1.54) is 7.11 Å². The van der Waals surface area contributed by atoms with Crippen LogP contribution in [0, 0.1) is 12.3 Å². The molecule has 0 radical (unpaired) electrons. The van der Waals surface area contributed by atoms with Gasteiger partial charge in [-0.3, -0.25) is 4.79 Å². The Morgan fingerprint density at radius 2 is 2.04 bits per heavy atom. The Kier molecular flexibility index (Phi) is 4.90. The largest absolute Gasteiger partial charge is 0.496 e. The van der Waals surface area contributed by atoms with Crippen LogP contribution in [0.25, 0.3) is 0 Å². The highest BCUT2D eigenvalue weighted by molar-refractivity contribution is 5.99. The normalized spacial score (nSPS) is 24.8. The van der Waals surface area contributed by atoms with Crippen molar-refractivity contribution in [1.82, 2.24) is 5.32 Å². The number of carboxylic acids is 1. The van der Waals surface area contributed by atoms with Gasteiger partial charge in [-0.1, -0.05) is 19.9 Å². The van der Waals surface area contributed by atoms with Crippen LogP contribution >= 0.6 is 0 Å². The Morgan fingerprint density at radius 1 is 1.38 bits per heavy atom. The van der Waals surface area contributed by atoms with Gasteiger partial charge in [-0.05, 0) is 31.5 Å². The smallest absolute Gasteiger partial charge is 0.330 e. The first-order valence-corrected chi connectivity index (χ1v) is 8.01.